The van der Waals surface area contributed by atoms with Crippen molar-refractivity contribution in [3.8, 4) is 0 Å². The van der Waals surface area contributed by atoms with Crippen LogP contribution in [0.1, 0.15) is 24.2 Å². The topological polar surface area (TPSA) is 50.2 Å². The first-order chi connectivity index (χ1) is 11.6. The number of carbonyl (C=O) groups excluding carboxylic acids is 1. The van der Waals surface area contributed by atoms with Crippen LogP contribution in [-0.2, 0) is 11.3 Å². The largest absolute Gasteiger partial charge is 0.335 e. The van der Waals surface area contributed by atoms with E-state index in [0.29, 0.717) is 12.5 Å². The van der Waals surface area contributed by atoms with Crippen molar-refractivity contribution in [1.29, 1.82) is 0 Å². The molecule has 0 unspecified atom stereocenters. The minimum atomic E-state index is 0.0736. The summed E-state index contributed by atoms with van der Waals surface area (Å²) in [5, 5.41) is 2.99. The highest BCUT2D eigenvalue weighted by Crippen LogP contribution is 2.19. The van der Waals surface area contributed by atoms with E-state index in [1.807, 2.05) is 44.3 Å². The average Bonchev–Trinajstić information content (AvgIpc) is 2.94. The number of aromatic nitrogens is 2. The van der Waals surface area contributed by atoms with Crippen LogP contribution in [0.25, 0.3) is 0 Å². The van der Waals surface area contributed by atoms with Gasteiger partial charge in [-0.25, -0.2) is 4.98 Å². The summed E-state index contributed by atoms with van der Waals surface area (Å²) in [5.41, 5.74) is 2.04. The maximum Gasteiger partial charge on any atom is 0.238 e. The summed E-state index contributed by atoms with van der Waals surface area (Å²) in [7, 11) is 0. The third-order valence-electron chi connectivity index (χ3n) is 4.75. The van der Waals surface area contributed by atoms with Crippen LogP contribution in [-0.4, -0.2) is 40.0 Å². The molecule has 0 spiro atoms. The van der Waals surface area contributed by atoms with E-state index in [1.54, 1.807) is 0 Å². The highest BCUT2D eigenvalue weighted by atomic mass is 16.2. The van der Waals surface area contributed by atoms with Gasteiger partial charge >= 0.3 is 0 Å². The fraction of sp³-hybridized carbons (Fsp3) is 0.474. The van der Waals surface area contributed by atoms with Crippen LogP contribution in [0.3, 0.4) is 0 Å². The Hall–Kier alpha value is -2.14. The summed E-state index contributed by atoms with van der Waals surface area (Å²) in [6.07, 6.45) is 6.18. The number of imidazole rings is 1. The van der Waals surface area contributed by atoms with E-state index in [4.69, 9.17) is 0 Å². The van der Waals surface area contributed by atoms with Gasteiger partial charge in [-0.2, -0.15) is 0 Å². The first-order valence-electron chi connectivity index (χ1n) is 8.67. The number of amides is 1. The van der Waals surface area contributed by atoms with E-state index in [9.17, 15) is 4.79 Å². The fourth-order valence-electron chi connectivity index (χ4n) is 3.33. The lowest BCUT2D eigenvalue weighted by Gasteiger charge is -2.31. The van der Waals surface area contributed by atoms with Crippen LogP contribution in [0.5, 0.6) is 0 Å². The normalized spacial score (nSPS) is 16.2. The first-order valence-corrected chi connectivity index (χ1v) is 8.67. The molecule has 24 heavy (non-hydrogen) atoms. The van der Waals surface area contributed by atoms with Gasteiger partial charge in [0.15, 0.2) is 0 Å². The van der Waals surface area contributed by atoms with Crippen LogP contribution >= 0.6 is 0 Å². The van der Waals surface area contributed by atoms with Crippen LogP contribution in [0.2, 0.25) is 0 Å². The molecule has 0 bridgehead atoms. The molecule has 5 heteroatoms. The summed E-state index contributed by atoms with van der Waals surface area (Å²) in [6.45, 7) is 7.56. The van der Waals surface area contributed by atoms with E-state index in [-0.39, 0.29) is 5.91 Å². The van der Waals surface area contributed by atoms with Gasteiger partial charge in [0.05, 0.1) is 6.54 Å². The highest BCUT2D eigenvalue weighted by molar-refractivity contribution is 5.92. The monoisotopic (exact) mass is 326 g/mol. The second-order valence-corrected chi connectivity index (χ2v) is 6.76. The molecule has 0 aliphatic carbocycles. The molecule has 1 fully saturated rings. The van der Waals surface area contributed by atoms with Gasteiger partial charge in [0.2, 0.25) is 5.91 Å². The van der Waals surface area contributed by atoms with Crippen molar-refractivity contribution in [3.63, 3.8) is 0 Å². The standard InChI is InChI=1S/C19H26N4O/c1-15-4-3-5-18(12-15)21-19(24)14-22-9-6-17(7-10-22)13-23-11-8-20-16(23)2/h3-5,8,11-12,17H,6-7,9-10,13-14H2,1-2H3,(H,21,24). The molecule has 1 aromatic carbocycles. The fourth-order valence-corrected chi connectivity index (χ4v) is 3.33. The number of rotatable bonds is 5. The number of likely N-dealkylation sites (tertiary alicyclic amines) is 1. The van der Waals surface area contributed by atoms with Crippen molar-refractivity contribution < 1.29 is 4.79 Å². The third kappa shape index (κ3) is 4.45. The molecule has 2 heterocycles. The number of nitrogens with zero attached hydrogens (tertiary/aromatic N) is 3. The molecular weight excluding hydrogens is 300 g/mol. The molecule has 0 radical (unpaired) electrons. The Morgan fingerprint density at radius 1 is 1.29 bits per heavy atom. The van der Waals surface area contributed by atoms with Crippen LogP contribution in [0, 0.1) is 19.8 Å². The van der Waals surface area contributed by atoms with Crippen molar-refractivity contribution in [2.24, 2.45) is 5.92 Å². The lowest BCUT2D eigenvalue weighted by Crippen LogP contribution is -2.40. The predicted molar refractivity (Wildman–Crippen MR) is 95.9 cm³/mol. The highest BCUT2D eigenvalue weighted by Gasteiger charge is 2.21. The molecule has 1 aliphatic heterocycles. The molecule has 1 aliphatic rings. The van der Waals surface area contributed by atoms with Crippen molar-refractivity contribution >= 4 is 11.6 Å². The summed E-state index contributed by atoms with van der Waals surface area (Å²) in [5.74, 6) is 1.83. The number of hydrogen-bond acceptors (Lipinski definition) is 3. The zero-order valence-corrected chi connectivity index (χ0v) is 14.5. The number of hydrogen-bond donors (Lipinski definition) is 1. The van der Waals surface area contributed by atoms with Crippen molar-refractivity contribution in [2.45, 2.75) is 33.2 Å². The smallest absolute Gasteiger partial charge is 0.238 e. The van der Waals surface area contributed by atoms with Gasteiger partial charge in [-0.1, -0.05) is 12.1 Å². The van der Waals surface area contributed by atoms with Crippen LogP contribution < -0.4 is 5.32 Å². The maximum absolute atomic E-state index is 12.2. The van der Waals surface area contributed by atoms with Gasteiger partial charge in [0.25, 0.3) is 0 Å². The molecule has 5 nitrogen and oxygen atoms in total. The Labute approximate surface area is 143 Å². The Morgan fingerprint density at radius 3 is 2.75 bits per heavy atom. The summed E-state index contributed by atoms with van der Waals surface area (Å²) < 4.78 is 2.23. The second-order valence-electron chi connectivity index (χ2n) is 6.76. The zero-order chi connectivity index (χ0) is 16.9. The molecule has 2 aromatic rings. The number of anilines is 1. The van der Waals surface area contributed by atoms with E-state index < -0.39 is 0 Å². The molecule has 1 amide bonds. The van der Waals surface area contributed by atoms with E-state index >= 15 is 0 Å². The Bertz CT molecular complexity index is 686. The van der Waals surface area contributed by atoms with Gasteiger partial charge < -0.3 is 9.88 Å². The molecule has 128 valence electrons. The molecule has 1 aromatic heterocycles. The number of carbonyl (C=O) groups is 1. The molecule has 3 rings (SSSR count). The molecular formula is C19H26N4O. The third-order valence-corrected chi connectivity index (χ3v) is 4.75. The van der Waals surface area contributed by atoms with E-state index in [2.05, 4.69) is 26.0 Å². The second kappa shape index (κ2) is 7.62. The first kappa shape index (κ1) is 16.7. The molecule has 0 saturated carbocycles. The van der Waals surface area contributed by atoms with Gasteiger partial charge in [0.1, 0.15) is 5.82 Å². The molecule has 0 atom stereocenters. The summed E-state index contributed by atoms with van der Waals surface area (Å²) in [4.78, 5) is 18.7. The predicted octanol–water partition coefficient (Wildman–Crippen LogP) is 2.85. The van der Waals surface area contributed by atoms with Crippen molar-refractivity contribution in [3.05, 3.63) is 48.0 Å². The number of piperidine rings is 1. The minimum Gasteiger partial charge on any atom is -0.335 e. The quantitative estimate of drug-likeness (QED) is 0.919. The van der Waals surface area contributed by atoms with E-state index in [1.165, 1.54) is 0 Å². The van der Waals surface area contributed by atoms with Crippen LogP contribution in [0.4, 0.5) is 5.69 Å². The molecule has 1 N–H and O–H groups in total. The maximum atomic E-state index is 12.2. The summed E-state index contributed by atoms with van der Waals surface area (Å²) >= 11 is 0. The Kier molecular flexibility index (Phi) is 5.30. The SMILES string of the molecule is Cc1cccc(NC(=O)CN2CCC(Cn3ccnc3C)CC2)c1. The number of benzene rings is 1. The van der Waals surface area contributed by atoms with Gasteiger partial charge in [-0.05, 0) is 63.4 Å². The average molecular weight is 326 g/mol. The summed E-state index contributed by atoms with van der Waals surface area (Å²) in [6, 6.07) is 7.93. The van der Waals surface area contributed by atoms with E-state index in [0.717, 1.165) is 49.6 Å². The Morgan fingerprint density at radius 2 is 2.08 bits per heavy atom. The van der Waals surface area contributed by atoms with Gasteiger partial charge in [-0.15, -0.1) is 0 Å². The Balaban J connectivity index is 1.43. The minimum absolute atomic E-state index is 0.0736. The van der Waals surface area contributed by atoms with Gasteiger partial charge in [0, 0.05) is 24.6 Å². The number of nitrogens with one attached hydrogen (secondary N) is 1. The lowest BCUT2D eigenvalue weighted by molar-refractivity contribution is -0.117. The zero-order valence-electron chi connectivity index (χ0n) is 14.5. The van der Waals surface area contributed by atoms with Crippen LogP contribution in [0.15, 0.2) is 36.7 Å². The van der Waals surface area contributed by atoms with Crippen molar-refractivity contribution in [1.82, 2.24) is 14.5 Å². The van der Waals surface area contributed by atoms with Crippen molar-refractivity contribution in [2.75, 3.05) is 25.0 Å². The lowest BCUT2D eigenvalue weighted by atomic mass is 9.96. The molecule has 1 saturated heterocycles. The van der Waals surface area contributed by atoms with Gasteiger partial charge in [-0.3, -0.25) is 9.69 Å². The number of aryl methyl sites for hydroxylation is 2.